The van der Waals surface area contributed by atoms with E-state index >= 15 is 0 Å². The molecule has 7 nitrogen and oxygen atoms in total. The summed E-state index contributed by atoms with van der Waals surface area (Å²) in [6.45, 7) is 2.50. The molecule has 0 saturated carbocycles. The highest BCUT2D eigenvalue weighted by Crippen LogP contribution is 2.13. The maximum absolute atomic E-state index is 10.5. The highest BCUT2D eigenvalue weighted by Gasteiger charge is 2.06. The van der Waals surface area contributed by atoms with Crippen LogP contribution in [-0.4, -0.2) is 19.9 Å². The summed E-state index contributed by atoms with van der Waals surface area (Å²) in [5.74, 6) is 0.429. The Hall–Kier alpha value is -2.44. The molecular weight excluding hydrogens is 234 g/mol. The average Bonchev–Trinajstić information content (AvgIpc) is 2.68. The first kappa shape index (κ1) is 12.0. The monoisotopic (exact) mass is 247 g/mol. The third-order valence-electron chi connectivity index (χ3n) is 2.78. The van der Waals surface area contributed by atoms with Crippen LogP contribution in [0.3, 0.4) is 0 Å². The molecule has 0 atom stereocenters. The maximum atomic E-state index is 10.5. The Morgan fingerprint density at radius 1 is 1.39 bits per heavy atom. The number of nitro groups is 1. The molecule has 1 aromatic carbocycles. The summed E-state index contributed by atoms with van der Waals surface area (Å²) >= 11 is 0. The molecule has 0 bridgehead atoms. The second kappa shape index (κ2) is 4.82. The number of hydrogen-bond donors (Lipinski definition) is 1. The van der Waals surface area contributed by atoms with Crippen molar-refractivity contribution in [3.05, 3.63) is 45.6 Å². The second-order valence-electron chi connectivity index (χ2n) is 3.96. The lowest BCUT2D eigenvalue weighted by Crippen LogP contribution is -2.05. The molecule has 0 radical (unpaired) electrons. The van der Waals surface area contributed by atoms with Gasteiger partial charge in [-0.25, -0.2) is 4.68 Å². The minimum atomic E-state index is -0.411. The van der Waals surface area contributed by atoms with Crippen molar-refractivity contribution >= 4 is 11.5 Å². The molecule has 2 N–H and O–H groups in total. The lowest BCUT2D eigenvalue weighted by Gasteiger charge is -2.03. The molecule has 0 unspecified atom stereocenters. The molecule has 0 saturated heterocycles. The molecular formula is C11H13N5O2. The van der Waals surface area contributed by atoms with E-state index in [1.165, 1.54) is 12.1 Å². The van der Waals surface area contributed by atoms with Crippen LogP contribution in [0.1, 0.15) is 11.3 Å². The van der Waals surface area contributed by atoms with E-state index in [1.54, 1.807) is 16.8 Å². The molecule has 0 aliphatic heterocycles. The van der Waals surface area contributed by atoms with Crippen LogP contribution in [0.25, 0.3) is 0 Å². The molecule has 0 amide bonds. The SMILES string of the molecule is Cc1c(N)nnn1CCc1ccc([N+](=O)[O-])cc1. The van der Waals surface area contributed by atoms with Crippen molar-refractivity contribution in [2.45, 2.75) is 19.9 Å². The number of nitrogen functional groups attached to an aromatic ring is 1. The highest BCUT2D eigenvalue weighted by atomic mass is 16.6. The quantitative estimate of drug-likeness (QED) is 0.648. The van der Waals surface area contributed by atoms with Crippen molar-refractivity contribution in [3.63, 3.8) is 0 Å². The normalized spacial score (nSPS) is 10.5. The number of rotatable bonds is 4. The molecule has 0 aliphatic carbocycles. The number of nitro benzene ring substituents is 1. The molecule has 18 heavy (non-hydrogen) atoms. The third kappa shape index (κ3) is 2.45. The summed E-state index contributed by atoms with van der Waals surface area (Å²) in [7, 11) is 0. The topological polar surface area (TPSA) is 99.9 Å². The number of benzene rings is 1. The zero-order chi connectivity index (χ0) is 13.1. The van der Waals surface area contributed by atoms with Gasteiger partial charge < -0.3 is 5.73 Å². The lowest BCUT2D eigenvalue weighted by molar-refractivity contribution is -0.384. The number of nitrogens with two attached hydrogens (primary N) is 1. The highest BCUT2D eigenvalue weighted by molar-refractivity contribution is 5.33. The molecule has 0 aliphatic rings. The van der Waals surface area contributed by atoms with Gasteiger partial charge in [-0.2, -0.15) is 0 Å². The molecule has 0 fully saturated rings. The number of aromatic nitrogens is 3. The van der Waals surface area contributed by atoms with E-state index in [0.717, 1.165) is 17.7 Å². The summed E-state index contributed by atoms with van der Waals surface area (Å²) in [5.41, 5.74) is 7.53. The minimum absolute atomic E-state index is 0.0972. The van der Waals surface area contributed by atoms with Gasteiger partial charge in [0.15, 0.2) is 5.82 Å². The maximum Gasteiger partial charge on any atom is 0.269 e. The van der Waals surface area contributed by atoms with E-state index in [0.29, 0.717) is 12.4 Å². The van der Waals surface area contributed by atoms with Crippen LogP contribution in [0.2, 0.25) is 0 Å². The largest absolute Gasteiger partial charge is 0.381 e. The fourth-order valence-electron chi connectivity index (χ4n) is 1.61. The van der Waals surface area contributed by atoms with Gasteiger partial charge in [-0.05, 0) is 18.9 Å². The Bertz CT molecular complexity index is 561. The Morgan fingerprint density at radius 2 is 2.06 bits per heavy atom. The van der Waals surface area contributed by atoms with Gasteiger partial charge in [0.1, 0.15) is 0 Å². The second-order valence-corrected chi connectivity index (χ2v) is 3.96. The summed E-state index contributed by atoms with van der Waals surface area (Å²) in [6, 6.07) is 6.48. The fourth-order valence-corrected chi connectivity index (χ4v) is 1.61. The molecule has 1 aromatic heterocycles. The van der Waals surface area contributed by atoms with Crippen LogP contribution in [0.5, 0.6) is 0 Å². The van der Waals surface area contributed by atoms with Crippen LogP contribution >= 0.6 is 0 Å². The van der Waals surface area contributed by atoms with E-state index < -0.39 is 4.92 Å². The van der Waals surface area contributed by atoms with Gasteiger partial charge in [-0.15, -0.1) is 5.10 Å². The van der Waals surface area contributed by atoms with E-state index in [9.17, 15) is 10.1 Å². The van der Waals surface area contributed by atoms with Crippen molar-refractivity contribution < 1.29 is 4.92 Å². The Labute approximate surface area is 103 Å². The van der Waals surface area contributed by atoms with Gasteiger partial charge in [0.05, 0.1) is 10.6 Å². The van der Waals surface area contributed by atoms with Gasteiger partial charge in [0, 0.05) is 18.7 Å². The predicted octanol–water partition coefficient (Wildman–Crippen LogP) is 1.32. The number of nitrogens with zero attached hydrogens (tertiary/aromatic N) is 4. The van der Waals surface area contributed by atoms with Crippen LogP contribution in [0.4, 0.5) is 11.5 Å². The number of non-ortho nitro benzene ring substituents is 1. The smallest absolute Gasteiger partial charge is 0.269 e. The zero-order valence-electron chi connectivity index (χ0n) is 9.91. The van der Waals surface area contributed by atoms with Crippen molar-refractivity contribution in [2.24, 2.45) is 0 Å². The van der Waals surface area contributed by atoms with Gasteiger partial charge in [0.25, 0.3) is 5.69 Å². The molecule has 2 rings (SSSR count). The first-order valence-corrected chi connectivity index (χ1v) is 5.47. The summed E-state index contributed by atoms with van der Waals surface area (Å²) in [4.78, 5) is 10.1. The van der Waals surface area contributed by atoms with Gasteiger partial charge >= 0.3 is 0 Å². The van der Waals surface area contributed by atoms with Gasteiger partial charge in [0.2, 0.25) is 0 Å². The van der Waals surface area contributed by atoms with Gasteiger partial charge in [-0.1, -0.05) is 17.3 Å². The summed E-state index contributed by atoms with van der Waals surface area (Å²) < 4.78 is 1.72. The number of aryl methyl sites for hydroxylation is 2. The molecule has 2 aromatic rings. The van der Waals surface area contributed by atoms with Gasteiger partial charge in [-0.3, -0.25) is 10.1 Å². The lowest BCUT2D eigenvalue weighted by atomic mass is 10.1. The van der Waals surface area contributed by atoms with Crippen molar-refractivity contribution in [1.29, 1.82) is 0 Å². The zero-order valence-corrected chi connectivity index (χ0v) is 9.91. The Balaban J connectivity index is 2.02. The Morgan fingerprint density at radius 3 is 2.56 bits per heavy atom. The Kier molecular flexibility index (Phi) is 3.22. The van der Waals surface area contributed by atoms with Crippen LogP contribution in [0.15, 0.2) is 24.3 Å². The van der Waals surface area contributed by atoms with Crippen LogP contribution in [0, 0.1) is 17.0 Å². The third-order valence-corrected chi connectivity index (χ3v) is 2.78. The van der Waals surface area contributed by atoms with E-state index in [4.69, 9.17) is 5.73 Å². The van der Waals surface area contributed by atoms with E-state index in [-0.39, 0.29) is 5.69 Å². The van der Waals surface area contributed by atoms with E-state index in [2.05, 4.69) is 10.3 Å². The van der Waals surface area contributed by atoms with E-state index in [1.807, 2.05) is 6.92 Å². The number of anilines is 1. The summed E-state index contributed by atoms with van der Waals surface area (Å²) in [6.07, 6.45) is 0.724. The number of hydrogen-bond acceptors (Lipinski definition) is 5. The van der Waals surface area contributed by atoms with Crippen LogP contribution in [-0.2, 0) is 13.0 Å². The molecule has 94 valence electrons. The first-order valence-electron chi connectivity index (χ1n) is 5.47. The van der Waals surface area contributed by atoms with Crippen molar-refractivity contribution in [3.8, 4) is 0 Å². The van der Waals surface area contributed by atoms with Crippen molar-refractivity contribution in [1.82, 2.24) is 15.0 Å². The van der Waals surface area contributed by atoms with Crippen molar-refractivity contribution in [2.75, 3.05) is 5.73 Å². The molecule has 1 heterocycles. The molecule has 0 spiro atoms. The summed E-state index contributed by atoms with van der Waals surface area (Å²) in [5, 5.41) is 18.2. The predicted molar refractivity (Wildman–Crippen MR) is 66.0 cm³/mol. The minimum Gasteiger partial charge on any atom is -0.381 e. The average molecular weight is 247 g/mol. The first-order chi connectivity index (χ1) is 8.58. The van der Waals surface area contributed by atoms with Crippen LogP contribution < -0.4 is 5.73 Å². The standard InChI is InChI=1S/C11H13N5O2/c1-8-11(12)13-14-15(8)7-6-9-2-4-10(5-3-9)16(17)18/h2-5H,6-7,12H2,1H3. The molecule has 7 heteroatoms. The fraction of sp³-hybridized carbons (Fsp3) is 0.273.